The molecular formula is C18H36N2O5Si. The van der Waals surface area contributed by atoms with Crippen molar-refractivity contribution in [2.45, 2.75) is 77.0 Å². The minimum absolute atomic E-state index is 0.179. The Labute approximate surface area is 158 Å². The van der Waals surface area contributed by atoms with Crippen LogP contribution in [-0.4, -0.2) is 68.7 Å². The van der Waals surface area contributed by atoms with E-state index in [0.29, 0.717) is 25.5 Å². The Hall–Kier alpha value is -1.28. The lowest BCUT2D eigenvalue weighted by Gasteiger charge is -2.34. The van der Waals surface area contributed by atoms with Crippen molar-refractivity contribution in [1.29, 1.82) is 0 Å². The fraction of sp³-hybridized carbons (Fsp3) is 0.889. The lowest BCUT2D eigenvalue weighted by atomic mass is 9.87. The largest absolute Gasteiger partial charge is 0.465 e. The molecule has 4 atom stereocenters. The lowest BCUT2D eigenvalue weighted by Crippen LogP contribution is -2.46. The molecule has 152 valence electrons. The van der Waals surface area contributed by atoms with Crippen LogP contribution < -0.4 is 5.32 Å². The molecule has 0 spiro atoms. The molecule has 0 bridgehead atoms. The van der Waals surface area contributed by atoms with Gasteiger partial charge in [-0.05, 0) is 45.1 Å². The van der Waals surface area contributed by atoms with Crippen LogP contribution in [0.2, 0.25) is 25.7 Å². The molecule has 0 aromatic carbocycles. The van der Waals surface area contributed by atoms with Gasteiger partial charge in [0.25, 0.3) is 0 Å². The molecule has 0 saturated carbocycles. The Balaban J connectivity index is 2.54. The third-order valence-electron chi connectivity index (χ3n) is 4.62. The Morgan fingerprint density at radius 3 is 2.35 bits per heavy atom. The molecule has 0 aromatic rings. The number of hydrogen-bond acceptors (Lipinski definition) is 4. The van der Waals surface area contributed by atoms with E-state index in [9.17, 15) is 9.59 Å². The minimum Gasteiger partial charge on any atom is -0.465 e. The lowest BCUT2D eigenvalue weighted by molar-refractivity contribution is -0.0551. The van der Waals surface area contributed by atoms with Gasteiger partial charge in [0, 0.05) is 21.7 Å². The van der Waals surface area contributed by atoms with Gasteiger partial charge in [0.15, 0.2) is 0 Å². The second kappa shape index (κ2) is 10.2. The second-order valence-electron chi connectivity index (χ2n) is 8.78. The van der Waals surface area contributed by atoms with Gasteiger partial charge in [0.05, 0.1) is 24.9 Å². The fourth-order valence-electron chi connectivity index (χ4n) is 3.45. The second-order valence-corrected chi connectivity index (χ2v) is 14.4. The van der Waals surface area contributed by atoms with Crippen LogP contribution >= 0.6 is 0 Å². The zero-order chi connectivity index (χ0) is 19.9. The summed E-state index contributed by atoms with van der Waals surface area (Å²) in [5.41, 5.74) is 0. The maximum atomic E-state index is 12.2. The third kappa shape index (κ3) is 9.42. The first kappa shape index (κ1) is 22.8. The summed E-state index contributed by atoms with van der Waals surface area (Å²) in [4.78, 5) is 24.8. The van der Waals surface area contributed by atoms with E-state index in [1.165, 1.54) is 4.90 Å². The average molecular weight is 389 g/mol. The van der Waals surface area contributed by atoms with Crippen LogP contribution in [-0.2, 0) is 9.47 Å². The Morgan fingerprint density at radius 2 is 1.85 bits per heavy atom. The predicted octanol–water partition coefficient (Wildman–Crippen LogP) is 3.62. The molecule has 0 aliphatic carbocycles. The number of amides is 2. The quantitative estimate of drug-likeness (QED) is 0.620. The van der Waals surface area contributed by atoms with Crippen molar-refractivity contribution < 1.29 is 24.2 Å². The average Bonchev–Trinajstić information content (AvgIpc) is 2.43. The molecule has 1 aliphatic heterocycles. The van der Waals surface area contributed by atoms with Gasteiger partial charge < -0.3 is 24.8 Å². The molecule has 2 amide bonds. The van der Waals surface area contributed by atoms with Crippen molar-refractivity contribution >= 4 is 20.3 Å². The highest BCUT2D eigenvalue weighted by molar-refractivity contribution is 6.76. The predicted molar refractivity (Wildman–Crippen MR) is 104 cm³/mol. The van der Waals surface area contributed by atoms with Gasteiger partial charge in [-0.3, -0.25) is 0 Å². The van der Waals surface area contributed by atoms with E-state index in [1.54, 1.807) is 7.05 Å². The molecule has 1 rings (SSSR count). The van der Waals surface area contributed by atoms with Gasteiger partial charge in [-0.15, -0.1) is 0 Å². The number of nitrogens with one attached hydrogen (secondary N) is 1. The molecule has 7 nitrogen and oxygen atoms in total. The highest BCUT2D eigenvalue weighted by atomic mass is 28.3. The highest BCUT2D eigenvalue weighted by Crippen LogP contribution is 2.28. The number of carbonyl (C=O) groups excluding carboxylic acids is 1. The smallest absolute Gasteiger partial charge is 0.409 e. The van der Waals surface area contributed by atoms with Crippen LogP contribution in [0.1, 0.15) is 33.1 Å². The highest BCUT2D eigenvalue weighted by Gasteiger charge is 2.28. The molecule has 1 aliphatic rings. The summed E-state index contributed by atoms with van der Waals surface area (Å²) in [7, 11) is 0.402. The topological polar surface area (TPSA) is 88.1 Å². The van der Waals surface area contributed by atoms with Gasteiger partial charge in [-0.25, -0.2) is 9.59 Å². The normalized spacial score (nSPS) is 24.6. The van der Waals surface area contributed by atoms with E-state index < -0.39 is 20.3 Å². The van der Waals surface area contributed by atoms with Crippen LogP contribution in [0.15, 0.2) is 0 Å². The molecule has 0 aromatic heterocycles. The number of nitrogens with zero attached hydrogens (tertiary/aromatic N) is 1. The van der Waals surface area contributed by atoms with Gasteiger partial charge in [0.2, 0.25) is 0 Å². The van der Waals surface area contributed by atoms with Crippen molar-refractivity contribution in [3.63, 3.8) is 0 Å². The number of carboxylic acid groups (broad SMARTS) is 1. The summed E-state index contributed by atoms with van der Waals surface area (Å²) in [6.45, 7) is 11.5. The maximum absolute atomic E-state index is 12.2. The maximum Gasteiger partial charge on any atom is 0.409 e. The van der Waals surface area contributed by atoms with Crippen LogP contribution in [0, 0.1) is 5.92 Å². The van der Waals surface area contributed by atoms with Crippen LogP contribution in [0.4, 0.5) is 9.59 Å². The molecule has 1 unspecified atom stereocenters. The van der Waals surface area contributed by atoms with Gasteiger partial charge in [-0.1, -0.05) is 19.6 Å². The zero-order valence-corrected chi connectivity index (χ0v) is 18.1. The van der Waals surface area contributed by atoms with Crippen molar-refractivity contribution in [2.75, 3.05) is 20.2 Å². The summed E-state index contributed by atoms with van der Waals surface area (Å²) in [5, 5.41) is 11.7. The zero-order valence-electron chi connectivity index (χ0n) is 17.1. The number of likely N-dealkylation sites (N-methyl/N-ethyl adjacent to an activating group) is 1. The van der Waals surface area contributed by atoms with E-state index in [-0.39, 0.29) is 18.2 Å². The van der Waals surface area contributed by atoms with Gasteiger partial charge in [0.1, 0.15) is 0 Å². The number of hydrogen-bond donors (Lipinski definition) is 2. The monoisotopic (exact) mass is 388 g/mol. The Kier molecular flexibility index (Phi) is 8.89. The SMILES string of the molecule is CC1C[C@H](C[C@@H](CN(C)C(=O)OCC[Si](C)(C)C)NC(=O)O)C[C@@H](C)O1. The molecule has 0 radical (unpaired) electrons. The van der Waals surface area contributed by atoms with Crippen LogP contribution in [0.3, 0.4) is 0 Å². The fourth-order valence-corrected chi connectivity index (χ4v) is 4.17. The summed E-state index contributed by atoms with van der Waals surface area (Å²) in [6, 6.07) is 0.603. The van der Waals surface area contributed by atoms with Crippen molar-refractivity contribution in [2.24, 2.45) is 5.92 Å². The summed E-state index contributed by atoms with van der Waals surface area (Å²) in [5.74, 6) is 0.377. The Morgan fingerprint density at radius 1 is 1.27 bits per heavy atom. The minimum atomic E-state index is -1.25. The van der Waals surface area contributed by atoms with Gasteiger partial charge in [-0.2, -0.15) is 0 Å². The number of rotatable bonds is 8. The summed E-state index contributed by atoms with van der Waals surface area (Å²) < 4.78 is 11.1. The number of ether oxygens (including phenoxy) is 2. The van der Waals surface area contributed by atoms with E-state index in [0.717, 1.165) is 18.9 Å². The molecule has 2 N–H and O–H groups in total. The molecule has 26 heavy (non-hydrogen) atoms. The summed E-state index contributed by atoms with van der Waals surface area (Å²) >= 11 is 0. The van der Waals surface area contributed by atoms with Crippen LogP contribution in [0.25, 0.3) is 0 Å². The van der Waals surface area contributed by atoms with Gasteiger partial charge >= 0.3 is 12.2 Å². The summed E-state index contributed by atoms with van der Waals surface area (Å²) in [6.07, 6.45) is 1.41. The molecular weight excluding hydrogens is 352 g/mol. The van der Waals surface area contributed by atoms with Crippen molar-refractivity contribution in [1.82, 2.24) is 10.2 Å². The first-order chi connectivity index (χ1) is 12.0. The van der Waals surface area contributed by atoms with E-state index in [1.807, 2.05) is 13.8 Å². The van der Waals surface area contributed by atoms with Crippen LogP contribution in [0.5, 0.6) is 0 Å². The third-order valence-corrected chi connectivity index (χ3v) is 6.33. The standard InChI is InChI=1S/C18H36N2O5Si/c1-13-9-15(10-14(2)25-13)11-16(19-17(21)22)12-20(3)18(23)24-7-8-26(4,5)6/h13-16,19H,7-12H2,1-6H3,(H,21,22)/t13-,14?,15-,16+/m1/s1. The van der Waals surface area contributed by atoms with Crippen molar-refractivity contribution in [3.05, 3.63) is 0 Å². The van der Waals surface area contributed by atoms with E-state index >= 15 is 0 Å². The molecule has 1 fully saturated rings. The van der Waals surface area contributed by atoms with E-state index in [2.05, 4.69) is 25.0 Å². The Bertz CT molecular complexity index is 459. The number of carbonyl (C=O) groups is 2. The van der Waals surface area contributed by atoms with E-state index in [4.69, 9.17) is 14.6 Å². The first-order valence-electron chi connectivity index (χ1n) is 9.49. The molecule has 1 saturated heterocycles. The molecule has 1 heterocycles. The molecule has 8 heteroatoms. The van der Waals surface area contributed by atoms with Crippen molar-refractivity contribution in [3.8, 4) is 0 Å². The first-order valence-corrected chi connectivity index (χ1v) is 13.2.